The van der Waals surface area contributed by atoms with Crippen LogP contribution in [-0.4, -0.2) is 72.9 Å². The summed E-state index contributed by atoms with van der Waals surface area (Å²) in [5.41, 5.74) is 0. The van der Waals surface area contributed by atoms with Crippen molar-refractivity contribution in [3.8, 4) is 0 Å². The fourth-order valence-electron chi connectivity index (χ4n) is 3.23. The van der Waals surface area contributed by atoms with E-state index in [1.54, 1.807) is 0 Å². The van der Waals surface area contributed by atoms with E-state index in [1.165, 1.54) is 38.5 Å². The number of epoxide rings is 1. The van der Waals surface area contributed by atoms with Crippen molar-refractivity contribution in [2.75, 3.05) is 6.61 Å². The van der Waals surface area contributed by atoms with E-state index in [-0.39, 0.29) is 6.42 Å². The van der Waals surface area contributed by atoms with E-state index in [2.05, 4.69) is 11.7 Å². The van der Waals surface area contributed by atoms with Crippen LogP contribution < -0.4 is 0 Å². The molecule has 0 aromatic carbocycles. The Morgan fingerprint density at radius 2 is 1.37 bits per heavy atom. The fraction of sp³-hybridized carbons (Fsp3) is 0.947. The Kier molecular flexibility index (Phi) is 10.3. The molecule has 5 atom stereocenters. The first kappa shape index (κ1) is 24.4. The Balaban J connectivity index is 2.22. The number of aliphatic hydroxyl groups is 6. The van der Waals surface area contributed by atoms with Gasteiger partial charge in [0.15, 0.2) is 0 Å². The number of hydrogen-bond acceptors (Lipinski definition) is 8. The summed E-state index contributed by atoms with van der Waals surface area (Å²) in [7, 11) is 0. The van der Waals surface area contributed by atoms with Crippen molar-refractivity contribution in [1.82, 2.24) is 0 Å². The first-order chi connectivity index (χ1) is 12.7. The molecule has 0 amide bonds. The van der Waals surface area contributed by atoms with Gasteiger partial charge in [0, 0.05) is 0 Å². The molecule has 2 unspecified atom stereocenters. The normalized spacial score (nSPS) is 28.0. The molecule has 1 saturated heterocycles. The van der Waals surface area contributed by atoms with Gasteiger partial charge in [-0.3, -0.25) is 9.53 Å². The molecule has 8 heteroatoms. The summed E-state index contributed by atoms with van der Waals surface area (Å²) < 4.78 is 4.54. The molecule has 1 aliphatic rings. The summed E-state index contributed by atoms with van der Waals surface area (Å²) in [6, 6.07) is 0. The third-order valence-corrected chi connectivity index (χ3v) is 5.17. The highest BCUT2D eigenvalue weighted by Crippen LogP contribution is 2.48. The van der Waals surface area contributed by atoms with Crippen molar-refractivity contribution in [3.63, 3.8) is 0 Å². The molecule has 1 rings (SSSR count). The van der Waals surface area contributed by atoms with Gasteiger partial charge < -0.3 is 30.6 Å². The summed E-state index contributed by atoms with van der Waals surface area (Å²) in [4.78, 5) is 12.1. The van der Waals surface area contributed by atoms with Gasteiger partial charge in [-0.1, -0.05) is 71.1 Å². The smallest absolute Gasteiger partial charge is 0.290 e. The molecule has 0 bridgehead atoms. The lowest BCUT2D eigenvalue weighted by atomic mass is 9.95. The minimum atomic E-state index is -2.78. The molecule has 27 heavy (non-hydrogen) atoms. The average molecular weight is 392 g/mol. The highest BCUT2D eigenvalue weighted by Gasteiger charge is 2.79. The zero-order valence-corrected chi connectivity index (χ0v) is 16.2. The highest BCUT2D eigenvalue weighted by molar-refractivity contribution is 5.93. The third kappa shape index (κ3) is 6.45. The summed E-state index contributed by atoms with van der Waals surface area (Å²) in [5, 5.41) is 57.7. The number of aliphatic hydroxyl groups excluding tert-OH is 4. The first-order valence-electron chi connectivity index (χ1n) is 10.1. The predicted molar refractivity (Wildman–Crippen MR) is 97.6 cm³/mol. The van der Waals surface area contributed by atoms with Gasteiger partial charge in [-0.25, -0.2) is 0 Å². The topological polar surface area (TPSA) is 151 Å². The maximum absolute atomic E-state index is 12.1. The number of Topliss-reactive ketones (excluding diaryl/α,β-unsaturated/α-hetero) is 1. The van der Waals surface area contributed by atoms with E-state index in [1.807, 2.05) is 0 Å². The molecular weight excluding hydrogens is 356 g/mol. The van der Waals surface area contributed by atoms with Crippen molar-refractivity contribution in [1.29, 1.82) is 0 Å². The number of ketones is 1. The molecule has 1 heterocycles. The molecule has 160 valence electrons. The van der Waals surface area contributed by atoms with Crippen LogP contribution in [0.4, 0.5) is 0 Å². The molecule has 1 aliphatic heterocycles. The quantitative estimate of drug-likeness (QED) is 0.163. The number of unbranched alkanes of at least 4 members (excludes halogenated alkanes) is 9. The van der Waals surface area contributed by atoms with Crippen LogP contribution in [0.1, 0.15) is 77.6 Å². The first-order valence-corrected chi connectivity index (χ1v) is 10.1. The third-order valence-electron chi connectivity index (χ3n) is 5.17. The summed E-state index contributed by atoms with van der Waals surface area (Å²) in [5.74, 6) is -6.67. The Morgan fingerprint density at radius 3 is 1.85 bits per heavy atom. The Labute approximate surface area is 160 Å². The van der Waals surface area contributed by atoms with Crippen molar-refractivity contribution in [2.24, 2.45) is 0 Å². The predicted octanol–water partition coefficient (Wildman–Crippen LogP) is 0.349. The number of rotatable bonds is 16. The van der Waals surface area contributed by atoms with Gasteiger partial charge >= 0.3 is 0 Å². The van der Waals surface area contributed by atoms with Crippen LogP contribution in [0, 0.1) is 0 Å². The van der Waals surface area contributed by atoms with Gasteiger partial charge in [0.25, 0.3) is 11.6 Å². The maximum atomic E-state index is 12.1. The van der Waals surface area contributed by atoms with Crippen LogP contribution in [0.5, 0.6) is 0 Å². The van der Waals surface area contributed by atoms with Gasteiger partial charge in [0.2, 0.25) is 5.78 Å². The number of ether oxygens (including phenoxy) is 1. The minimum Gasteiger partial charge on any atom is -0.394 e. The molecule has 0 aliphatic carbocycles. The largest absolute Gasteiger partial charge is 0.394 e. The molecule has 0 radical (unpaired) electrons. The van der Waals surface area contributed by atoms with Gasteiger partial charge in [-0.05, 0) is 6.42 Å². The van der Waals surface area contributed by atoms with Crippen LogP contribution in [0.25, 0.3) is 0 Å². The second-order valence-corrected chi connectivity index (χ2v) is 7.49. The monoisotopic (exact) mass is 392 g/mol. The van der Waals surface area contributed by atoms with Crippen LogP contribution in [0.15, 0.2) is 0 Å². The highest BCUT2D eigenvalue weighted by atomic mass is 16.8. The Hall–Kier alpha value is -0.610. The lowest BCUT2D eigenvalue weighted by Crippen LogP contribution is -2.50. The van der Waals surface area contributed by atoms with Crippen LogP contribution in [0.2, 0.25) is 0 Å². The second kappa shape index (κ2) is 11.4. The number of carbonyl (C=O) groups excluding carboxylic acids is 1. The van der Waals surface area contributed by atoms with E-state index in [4.69, 9.17) is 5.11 Å². The van der Waals surface area contributed by atoms with E-state index in [0.29, 0.717) is 6.42 Å². The number of hydrogen-bond donors (Lipinski definition) is 6. The fourth-order valence-corrected chi connectivity index (χ4v) is 3.23. The molecule has 0 aromatic heterocycles. The minimum absolute atomic E-state index is 0.107. The van der Waals surface area contributed by atoms with Crippen LogP contribution in [-0.2, 0) is 9.53 Å². The van der Waals surface area contributed by atoms with Gasteiger partial charge in [-0.2, -0.15) is 0 Å². The summed E-state index contributed by atoms with van der Waals surface area (Å²) in [6.45, 7) is 1.30. The Bertz CT molecular complexity index is 445. The molecule has 8 nitrogen and oxygen atoms in total. The van der Waals surface area contributed by atoms with E-state index in [0.717, 1.165) is 19.3 Å². The number of carbonyl (C=O) groups is 1. The SMILES string of the molecule is CCCCCCCCCCCCC(O)C(=O)C1(O)O[C@@]1(O)[C@H](O)[C@H](O)CO. The van der Waals surface area contributed by atoms with Crippen molar-refractivity contribution in [2.45, 2.75) is 107 Å². The average Bonchev–Trinajstić information content (AvgIpc) is 3.24. The lowest BCUT2D eigenvalue weighted by molar-refractivity contribution is -0.154. The zero-order chi connectivity index (χ0) is 20.5. The van der Waals surface area contributed by atoms with Gasteiger partial charge in [-0.15, -0.1) is 0 Å². The molecular formula is C19H36O8. The van der Waals surface area contributed by atoms with Crippen molar-refractivity contribution in [3.05, 3.63) is 0 Å². The molecule has 1 fully saturated rings. The maximum Gasteiger partial charge on any atom is 0.290 e. The molecule has 0 saturated carbocycles. The van der Waals surface area contributed by atoms with Gasteiger partial charge in [0.05, 0.1) is 6.61 Å². The van der Waals surface area contributed by atoms with Crippen molar-refractivity contribution >= 4 is 5.78 Å². The zero-order valence-electron chi connectivity index (χ0n) is 16.2. The summed E-state index contributed by atoms with van der Waals surface area (Å²) in [6.07, 6.45) is 5.69. The Morgan fingerprint density at radius 1 is 0.889 bits per heavy atom. The second-order valence-electron chi connectivity index (χ2n) is 7.49. The van der Waals surface area contributed by atoms with E-state index < -0.39 is 42.3 Å². The molecule has 0 aromatic rings. The van der Waals surface area contributed by atoms with Crippen LogP contribution in [0.3, 0.4) is 0 Å². The van der Waals surface area contributed by atoms with E-state index in [9.17, 15) is 30.3 Å². The van der Waals surface area contributed by atoms with Crippen LogP contribution >= 0.6 is 0 Å². The molecule has 6 N–H and O–H groups in total. The van der Waals surface area contributed by atoms with Crippen molar-refractivity contribution < 1.29 is 40.2 Å². The summed E-state index contributed by atoms with van der Waals surface area (Å²) >= 11 is 0. The molecule has 0 spiro atoms. The lowest BCUT2D eigenvalue weighted by Gasteiger charge is -2.20. The van der Waals surface area contributed by atoms with E-state index >= 15 is 0 Å². The standard InChI is InChI=1S/C19H36O8/c1-2-3-4-5-6-7-8-9-10-11-12-14(21)16(23)18(25)19(26,27-18)17(24)15(22)13-20/h14-15,17,20-22,24-26H,2-13H2,1H3/t14?,15-,17-,18?,19+/m1/s1. The van der Waals surface area contributed by atoms with Gasteiger partial charge in [0.1, 0.15) is 18.3 Å².